The molecule has 3 nitrogen and oxygen atoms in total. The van der Waals surface area contributed by atoms with Crippen LogP contribution in [0.15, 0.2) is 11.9 Å². The lowest BCUT2D eigenvalue weighted by atomic mass is 10.1. The largest absolute Gasteiger partial charge is 0.403 e. The molecule has 0 aromatic rings. The molecule has 52 valence electrons. The van der Waals surface area contributed by atoms with Gasteiger partial charge in [0.25, 0.3) is 0 Å². The van der Waals surface area contributed by atoms with Gasteiger partial charge < -0.3 is 11.5 Å². The first-order chi connectivity index (χ1) is 4.09. The van der Waals surface area contributed by atoms with E-state index in [0.29, 0.717) is 0 Å². The van der Waals surface area contributed by atoms with Crippen LogP contribution in [0.1, 0.15) is 13.8 Å². The van der Waals surface area contributed by atoms with Crippen LogP contribution < -0.4 is 11.5 Å². The second kappa shape index (κ2) is 3.12. The van der Waals surface area contributed by atoms with E-state index in [9.17, 15) is 4.79 Å². The highest BCUT2D eigenvalue weighted by molar-refractivity contribution is 5.95. The molecule has 0 aromatic heterocycles. The van der Waals surface area contributed by atoms with Crippen LogP contribution in [0.4, 0.5) is 0 Å². The van der Waals surface area contributed by atoms with Crippen LogP contribution in [0, 0.1) is 5.92 Å². The van der Waals surface area contributed by atoms with Crippen molar-refractivity contribution in [2.45, 2.75) is 13.8 Å². The summed E-state index contributed by atoms with van der Waals surface area (Å²) in [7, 11) is 0. The maximum Gasteiger partial charge on any atom is 0.182 e. The van der Waals surface area contributed by atoms with Gasteiger partial charge in [-0.25, -0.2) is 0 Å². The van der Waals surface area contributed by atoms with Crippen LogP contribution in [0.5, 0.6) is 0 Å². The van der Waals surface area contributed by atoms with Crippen LogP contribution in [0.2, 0.25) is 0 Å². The molecule has 0 aliphatic carbocycles. The van der Waals surface area contributed by atoms with Crippen LogP contribution in [-0.4, -0.2) is 5.78 Å². The van der Waals surface area contributed by atoms with E-state index in [2.05, 4.69) is 0 Å². The first-order valence-corrected chi connectivity index (χ1v) is 2.81. The molecule has 0 aliphatic heterocycles. The Balaban J connectivity index is 4.06. The van der Waals surface area contributed by atoms with Crippen molar-refractivity contribution >= 4 is 5.78 Å². The van der Waals surface area contributed by atoms with E-state index in [4.69, 9.17) is 11.5 Å². The van der Waals surface area contributed by atoms with E-state index in [-0.39, 0.29) is 17.4 Å². The molecule has 0 aliphatic rings. The Morgan fingerprint density at radius 1 is 1.56 bits per heavy atom. The summed E-state index contributed by atoms with van der Waals surface area (Å²) in [5.41, 5.74) is 10.4. The molecule has 0 heterocycles. The highest BCUT2D eigenvalue weighted by Gasteiger charge is 2.08. The molecule has 3 heteroatoms. The average Bonchev–Trinajstić information content (AvgIpc) is 1.84. The summed E-state index contributed by atoms with van der Waals surface area (Å²) < 4.78 is 0. The number of allylic oxidation sites excluding steroid dienone is 1. The summed E-state index contributed by atoms with van der Waals surface area (Å²) in [4.78, 5) is 10.8. The Morgan fingerprint density at radius 2 is 2.00 bits per heavy atom. The minimum atomic E-state index is -0.0995. The molecule has 0 bridgehead atoms. The lowest BCUT2D eigenvalue weighted by Gasteiger charge is -2.00. The van der Waals surface area contributed by atoms with Crippen LogP contribution in [-0.2, 0) is 4.79 Å². The predicted octanol–water partition coefficient (Wildman–Crippen LogP) is -0.0297. The standard InChI is InChI=1S/C6H12N2O/c1-4(2)6(9)5(8)3-7/h3-4H,7-8H2,1-2H3/b5-3+. The molecular formula is C6H12N2O. The van der Waals surface area contributed by atoms with E-state index in [1.807, 2.05) is 0 Å². The molecule has 0 spiro atoms. The number of hydrogen-bond acceptors (Lipinski definition) is 3. The topological polar surface area (TPSA) is 69.1 Å². The van der Waals surface area contributed by atoms with Crippen molar-refractivity contribution in [3.63, 3.8) is 0 Å². The summed E-state index contributed by atoms with van der Waals surface area (Å²) in [6.07, 6.45) is 1.13. The van der Waals surface area contributed by atoms with E-state index in [1.54, 1.807) is 13.8 Å². The third-order valence-electron chi connectivity index (χ3n) is 0.988. The van der Waals surface area contributed by atoms with Gasteiger partial charge in [-0.05, 0) is 0 Å². The van der Waals surface area contributed by atoms with Crippen LogP contribution >= 0.6 is 0 Å². The monoisotopic (exact) mass is 128 g/mol. The van der Waals surface area contributed by atoms with Crippen molar-refractivity contribution in [3.05, 3.63) is 11.9 Å². The third kappa shape index (κ3) is 2.17. The van der Waals surface area contributed by atoms with E-state index >= 15 is 0 Å². The maximum atomic E-state index is 10.8. The summed E-state index contributed by atoms with van der Waals surface area (Å²) in [6.45, 7) is 3.55. The van der Waals surface area contributed by atoms with Crippen molar-refractivity contribution in [2.75, 3.05) is 0 Å². The minimum absolute atomic E-state index is 0.0650. The maximum absolute atomic E-state index is 10.8. The molecule has 0 aromatic carbocycles. The zero-order valence-electron chi connectivity index (χ0n) is 5.72. The van der Waals surface area contributed by atoms with Gasteiger partial charge in [0.1, 0.15) is 0 Å². The quantitative estimate of drug-likeness (QED) is 0.513. The number of carbonyl (C=O) groups excluding carboxylic acids is 1. The smallest absolute Gasteiger partial charge is 0.182 e. The molecule has 0 saturated heterocycles. The molecular weight excluding hydrogens is 116 g/mol. The Bertz CT molecular complexity index is 138. The fraction of sp³-hybridized carbons (Fsp3) is 0.500. The third-order valence-corrected chi connectivity index (χ3v) is 0.988. The van der Waals surface area contributed by atoms with Crippen molar-refractivity contribution in [1.29, 1.82) is 0 Å². The van der Waals surface area contributed by atoms with Crippen molar-refractivity contribution in [3.8, 4) is 0 Å². The molecule has 9 heavy (non-hydrogen) atoms. The molecule has 0 saturated carbocycles. The molecule has 0 fully saturated rings. The average molecular weight is 128 g/mol. The Hall–Kier alpha value is -0.990. The Labute approximate surface area is 54.7 Å². The van der Waals surface area contributed by atoms with Gasteiger partial charge in [0.2, 0.25) is 0 Å². The fourth-order valence-corrected chi connectivity index (χ4v) is 0.415. The van der Waals surface area contributed by atoms with Gasteiger partial charge in [-0.2, -0.15) is 0 Å². The van der Waals surface area contributed by atoms with Crippen molar-refractivity contribution < 1.29 is 4.79 Å². The highest BCUT2D eigenvalue weighted by Crippen LogP contribution is 1.98. The number of ketones is 1. The number of Topliss-reactive ketones (excluding diaryl/α,β-unsaturated/α-hetero) is 1. The zero-order chi connectivity index (χ0) is 7.44. The van der Waals surface area contributed by atoms with Gasteiger partial charge >= 0.3 is 0 Å². The molecule has 4 N–H and O–H groups in total. The lowest BCUT2D eigenvalue weighted by Crippen LogP contribution is -2.17. The molecule has 0 unspecified atom stereocenters. The van der Waals surface area contributed by atoms with Gasteiger partial charge in [0, 0.05) is 12.1 Å². The number of rotatable bonds is 2. The minimum Gasteiger partial charge on any atom is -0.403 e. The summed E-state index contributed by atoms with van der Waals surface area (Å²) in [5.74, 6) is -0.165. The summed E-state index contributed by atoms with van der Waals surface area (Å²) >= 11 is 0. The number of nitrogens with two attached hydrogens (primary N) is 2. The molecule has 0 atom stereocenters. The zero-order valence-corrected chi connectivity index (χ0v) is 5.72. The van der Waals surface area contributed by atoms with Crippen molar-refractivity contribution in [2.24, 2.45) is 17.4 Å². The lowest BCUT2D eigenvalue weighted by molar-refractivity contribution is -0.118. The summed E-state index contributed by atoms with van der Waals surface area (Å²) in [5, 5.41) is 0. The van der Waals surface area contributed by atoms with E-state index in [1.165, 1.54) is 0 Å². The predicted molar refractivity (Wildman–Crippen MR) is 36.3 cm³/mol. The molecule has 0 amide bonds. The normalized spacial score (nSPS) is 12.1. The van der Waals surface area contributed by atoms with Crippen LogP contribution in [0.3, 0.4) is 0 Å². The van der Waals surface area contributed by atoms with Crippen molar-refractivity contribution in [1.82, 2.24) is 0 Å². The van der Waals surface area contributed by atoms with Gasteiger partial charge in [0.15, 0.2) is 5.78 Å². The van der Waals surface area contributed by atoms with E-state index in [0.717, 1.165) is 6.20 Å². The highest BCUT2D eigenvalue weighted by atomic mass is 16.1. The van der Waals surface area contributed by atoms with Gasteiger partial charge in [-0.1, -0.05) is 13.8 Å². The molecule has 0 rings (SSSR count). The molecule has 0 radical (unpaired) electrons. The van der Waals surface area contributed by atoms with Gasteiger partial charge in [0.05, 0.1) is 5.70 Å². The second-order valence-electron chi connectivity index (χ2n) is 2.14. The van der Waals surface area contributed by atoms with Gasteiger partial charge in [-0.15, -0.1) is 0 Å². The van der Waals surface area contributed by atoms with Crippen LogP contribution in [0.25, 0.3) is 0 Å². The van der Waals surface area contributed by atoms with E-state index < -0.39 is 0 Å². The number of hydrogen-bond donors (Lipinski definition) is 2. The first-order valence-electron chi connectivity index (χ1n) is 2.81. The first kappa shape index (κ1) is 8.01. The Morgan fingerprint density at radius 3 is 2.11 bits per heavy atom. The SMILES string of the molecule is CC(C)C(=O)/C(N)=C\N. The number of carbonyl (C=O) groups is 1. The summed E-state index contributed by atoms with van der Waals surface area (Å²) in [6, 6.07) is 0. The van der Waals surface area contributed by atoms with Gasteiger partial charge in [-0.3, -0.25) is 4.79 Å². The fourth-order valence-electron chi connectivity index (χ4n) is 0.415. The Kier molecular flexibility index (Phi) is 2.78. The second-order valence-corrected chi connectivity index (χ2v) is 2.14.